The average Bonchev–Trinajstić information content (AvgIpc) is 3.26. The molecule has 126 valence electrons. The Bertz CT molecular complexity index is 1030. The van der Waals surface area contributed by atoms with Gasteiger partial charge in [0.05, 0.1) is 30.4 Å². The maximum atomic E-state index is 10.4. The number of nitrogens with zero attached hydrogens (tertiary/aromatic N) is 2. The van der Waals surface area contributed by atoms with Crippen molar-refractivity contribution in [3.63, 3.8) is 0 Å². The first-order chi connectivity index (χ1) is 12.2. The van der Waals surface area contributed by atoms with Crippen molar-refractivity contribution >= 4 is 11.0 Å². The zero-order valence-electron chi connectivity index (χ0n) is 13.7. The summed E-state index contributed by atoms with van der Waals surface area (Å²) < 4.78 is 9.07. The van der Waals surface area contributed by atoms with E-state index in [2.05, 4.69) is 12.1 Å². The maximum Gasteiger partial charge on any atom is 0.203 e. The van der Waals surface area contributed by atoms with Crippen LogP contribution in [-0.4, -0.2) is 14.2 Å². The van der Waals surface area contributed by atoms with Gasteiger partial charge in [-0.25, -0.2) is 0 Å². The lowest BCUT2D eigenvalue weighted by atomic mass is 10.2. The van der Waals surface area contributed by atoms with E-state index in [-0.39, 0.29) is 6.54 Å². The summed E-state index contributed by atoms with van der Waals surface area (Å²) in [5, 5.41) is 19.1. The molecule has 2 aromatic carbocycles. The van der Waals surface area contributed by atoms with E-state index in [1.165, 1.54) is 0 Å². The predicted octanol–water partition coefficient (Wildman–Crippen LogP) is 3.30. The number of aromatic nitrogens is 2. The Kier molecular flexibility index (Phi) is 3.99. The van der Waals surface area contributed by atoms with Crippen molar-refractivity contribution in [1.82, 2.24) is 9.13 Å². The number of imidazole rings is 1. The van der Waals surface area contributed by atoms with Crippen LogP contribution in [0.4, 0.5) is 0 Å². The molecular formula is C20H19N3O2. The van der Waals surface area contributed by atoms with Crippen molar-refractivity contribution in [3.8, 4) is 0 Å². The van der Waals surface area contributed by atoms with Crippen LogP contribution in [0.3, 0.4) is 0 Å². The number of hydrogen-bond acceptors (Lipinski definition) is 3. The highest BCUT2D eigenvalue weighted by molar-refractivity contribution is 5.76. The van der Waals surface area contributed by atoms with Crippen LogP contribution in [-0.2, 0) is 13.1 Å². The number of para-hydroxylation sites is 2. The Morgan fingerprint density at radius 1 is 0.880 bits per heavy atom. The second-order valence-corrected chi connectivity index (χ2v) is 6.03. The standard InChI is InChI=1S/C20H19N3O2/c21-20-22(13-15-7-2-1-3-8-15)16-9-4-5-10-17(16)23(20)14-18(24)19-11-6-12-25-19/h1-12,18,21,24H,13-14H2/t18-/m1/s1. The third kappa shape index (κ3) is 2.90. The molecule has 0 saturated heterocycles. The SMILES string of the molecule is N=c1n(Cc2ccccc2)c2ccccc2n1C[C@@H](O)c1ccco1. The summed E-state index contributed by atoms with van der Waals surface area (Å²) in [4.78, 5) is 0. The van der Waals surface area contributed by atoms with Crippen LogP contribution in [0.25, 0.3) is 11.0 Å². The van der Waals surface area contributed by atoms with E-state index in [9.17, 15) is 5.11 Å². The number of nitrogens with one attached hydrogen (secondary N) is 1. The van der Waals surface area contributed by atoms with Crippen LogP contribution < -0.4 is 5.62 Å². The van der Waals surface area contributed by atoms with Gasteiger partial charge in [0, 0.05) is 0 Å². The van der Waals surface area contributed by atoms with Gasteiger partial charge in [-0.15, -0.1) is 0 Å². The molecular weight excluding hydrogens is 314 g/mol. The van der Waals surface area contributed by atoms with Gasteiger partial charge in [0.25, 0.3) is 0 Å². The first-order valence-electron chi connectivity index (χ1n) is 8.22. The summed E-state index contributed by atoms with van der Waals surface area (Å²) in [5.41, 5.74) is 3.39. The molecule has 0 aliphatic carbocycles. The van der Waals surface area contributed by atoms with Gasteiger partial charge in [0.2, 0.25) is 5.62 Å². The van der Waals surface area contributed by atoms with Gasteiger partial charge < -0.3 is 18.7 Å². The molecule has 5 nitrogen and oxygen atoms in total. The Morgan fingerprint density at radius 3 is 2.24 bits per heavy atom. The number of benzene rings is 2. The van der Waals surface area contributed by atoms with Gasteiger partial charge >= 0.3 is 0 Å². The van der Waals surface area contributed by atoms with E-state index in [1.807, 2.05) is 51.6 Å². The topological polar surface area (TPSA) is 67.1 Å². The zero-order chi connectivity index (χ0) is 17.2. The molecule has 0 bridgehead atoms. The van der Waals surface area contributed by atoms with E-state index in [1.54, 1.807) is 18.4 Å². The number of rotatable bonds is 5. The van der Waals surface area contributed by atoms with Gasteiger partial charge in [0.1, 0.15) is 11.9 Å². The highest BCUT2D eigenvalue weighted by Crippen LogP contribution is 2.19. The third-order valence-corrected chi connectivity index (χ3v) is 4.39. The molecule has 4 aromatic rings. The average molecular weight is 333 g/mol. The lowest BCUT2D eigenvalue weighted by Crippen LogP contribution is -2.27. The van der Waals surface area contributed by atoms with E-state index in [0.29, 0.717) is 17.9 Å². The maximum absolute atomic E-state index is 10.4. The van der Waals surface area contributed by atoms with Crippen molar-refractivity contribution in [2.75, 3.05) is 0 Å². The van der Waals surface area contributed by atoms with Gasteiger partial charge in [-0.3, -0.25) is 5.41 Å². The summed E-state index contributed by atoms with van der Waals surface area (Å²) >= 11 is 0. The van der Waals surface area contributed by atoms with E-state index in [0.717, 1.165) is 16.6 Å². The van der Waals surface area contributed by atoms with Crippen LogP contribution in [0.1, 0.15) is 17.4 Å². The zero-order valence-corrected chi connectivity index (χ0v) is 13.7. The monoisotopic (exact) mass is 333 g/mol. The van der Waals surface area contributed by atoms with Crippen LogP contribution in [0, 0.1) is 5.41 Å². The molecule has 2 heterocycles. The number of aliphatic hydroxyl groups is 1. The molecule has 0 radical (unpaired) electrons. The van der Waals surface area contributed by atoms with Gasteiger partial charge in [-0.2, -0.15) is 0 Å². The van der Waals surface area contributed by atoms with Crippen molar-refractivity contribution < 1.29 is 9.52 Å². The third-order valence-electron chi connectivity index (χ3n) is 4.39. The lowest BCUT2D eigenvalue weighted by molar-refractivity contribution is 0.130. The van der Waals surface area contributed by atoms with Crippen molar-refractivity contribution in [2.45, 2.75) is 19.2 Å². The highest BCUT2D eigenvalue weighted by Gasteiger charge is 2.16. The lowest BCUT2D eigenvalue weighted by Gasteiger charge is -2.10. The van der Waals surface area contributed by atoms with Gasteiger partial charge in [0.15, 0.2) is 0 Å². The Balaban J connectivity index is 1.77. The largest absolute Gasteiger partial charge is 0.467 e. The quantitative estimate of drug-likeness (QED) is 0.588. The summed E-state index contributed by atoms with van der Waals surface area (Å²) in [7, 11) is 0. The normalized spacial score (nSPS) is 12.5. The minimum atomic E-state index is -0.792. The molecule has 0 saturated carbocycles. The molecule has 2 aromatic heterocycles. The number of hydrogen-bond donors (Lipinski definition) is 2. The van der Waals surface area contributed by atoms with Crippen LogP contribution in [0.2, 0.25) is 0 Å². The Hall–Kier alpha value is -3.05. The van der Waals surface area contributed by atoms with Crippen molar-refractivity contribution in [2.24, 2.45) is 0 Å². The predicted molar refractivity (Wildman–Crippen MR) is 95.0 cm³/mol. The minimum Gasteiger partial charge on any atom is -0.467 e. The highest BCUT2D eigenvalue weighted by atomic mass is 16.4. The van der Waals surface area contributed by atoms with Crippen molar-refractivity contribution in [1.29, 1.82) is 5.41 Å². The Morgan fingerprint density at radius 2 is 1.56 bits per heavy atom. The van der Waals surface area contributed by atoms with Gasteiger partial charge in [-0.05, 0) is 29.8 Å². The minimum absolute atomic E-state index is 0.272. The van der Waals surface area contributed by atoms with Crippen molar-refractivity contribution in [3.05, 3.63) is 89.9 Å². The summed E-state index contributed by atoms with van der Waals surface area (Å²) in [5.74, 6) is 0.506. The smallest absolute Gasteiger partial charge is 0.203 e. The molecule has 0 unspecified atom stereocenters. The van der Waals surface area contributed by atoms with Crippen LogP contribution in [0.5, 0.6) is 0 Å². The second-order valence-electron chi connectivity index (χ2n) is 6.03. The first-order valence-corrected chi connectivity index (χ1v) is 8.22. The summed E-state index contributed by atoms with van der Waals surface area (Å²) in [6.07, 6.45) is 0.754. The molecule has 1 atom stereocenters. The second kappa shape index (κ2) is 6.45. The van der Waals surface area contributed by atoms with E-state index < -0.39 is 6.10 Å². The van der Waals surface area contributed by atoms with Crippen LogP contribution >= 0.6 is 0 Å². The Labute approximate surface area is 144 Å². The molecule has 0 aliphatic heterocycles. The van der Waals surface area contributed by atoms with E-state index >= 15 is 0 Å². The number of fused-ring (bicyclic) bond motifs is 1. The molecule has 0 aliphatic rings. The molecule has 0 spiro atoms. The first kappa shape index (κ1) is 15.5. The fourth-order valence-corrected chi connectivity index (χ4v) is 3.15. The summed E-state index contributed by atoms with van der Waals surface area (Å²) in [6.45, 7) is 0.888. The fraction of sp³-hybridized carbons (Fsp3) is 0.150. The molecule has 2 N–H and O–H groups in total. The number of aliphatic hydroxyl groups excluding tert-OH is 1. The molecule has 25 heavy (non-hydrogen) atoms. The number of furan rings is 1. The molecule has 0 fully saturated rings. The van der Waals surface area contributed by atoms with Crippen LogP contribution in [0.15, 0.2) is 77.4 Å². The van der Waals surface area contributed by atoms with Gasteiger partial charge in [-0.1, -0.05) is 42.5 Å². The van der Waals surface area contributed by atoms with E-state index in [4.69, 9.17) is 9.83 Å². The summed E-state index contributed by atoms with van der Waals surface area (Å²) in [6, 6.07) is 21.5. The molecule has 4 rings (SSSR count). The fourth-order valence-electron chi connectivity index (χ4n) is 3.15. The molecule has 5 heteroatoms. The molecule has 0 amide bonds.